The van der Waals surface area contributed by atoms with Crippen molar-refractivity contribution in [2.24, 2.45) is 0 Å². The van der Waals surface area contributed by atoms with E-state index in [-0.39, 0.29) is 0 Å². The number of pyridine rings is 1. The van der Waals surface area contributed by atoms with Gasteiger partial charge >= 0.3 is 5.92 Å². The Bertz CT molecular complexity index is 1260. The third kappa shape index (κ3) is 4.05. The maximum absolute atomic E-state index is 13.1. The van der Waals surface area contributed by atoms with E-state index in [9.17, 15) is 13.6 Å². The Kier molecular flexibility index (Phi) is 5.08. The van der Waals surface area contributed by atoms with Gasteiger partial charge in [0.1, 0.15) is 17.7 Å². The highest BCUT2D eigenvalue weighted by Gasteiger charge is 2.34. The normalized spacial score (nSPS) is 14.0. The quantitative estimate of drug-likeness (QED) is 0.509. The van der Waals surface area contributed by atoms with E-state index in [1.807, 2.05) is 41.8 Å². The molecule has 0 unspecified atom stereocenters. The van der Waals surface area contributed by atoms with Crippen LogP contribution in [0, 0.1) is 6.92 Å². The molecule has 0 saturated carbocycles. The lowest BCUT2D eigenvalue weighted by Crippen LogP contribution is -2.48. The molecule has 1 amide bonds. The van der Waals surface area contributed by atoms with Gasteiger partial charge in [-0.15, -0.1) is 10.2 Å². The number of fused-ring (bicyclic) bond motifs is 2. The molecule has 0 spiro atoms. The fraction of sp³-hybridized carbons (Fsp3) is 0.333. The number of amides is 1. The van der Waals surface area contributed by atoms with Crippen molar-refractivity contribution in [2.45, 2.75) is 45.8 Å². The van der Waals surface area contributed by atoms with E-state index in [1.54, 1.807) is 30.8 Å². The number of rotatable bonds is 6. The number of hydrogen-bond donors (Lipinski definition) is 1. The molecule has 0 aliphatic rings. The van der Waals surface area contributed by atoms with Gasteiger partial charge in [-0.05, 0) is 45.0 Å². The van der Waals surface area contributed by atoms with Gasteiger partial charge in [-0.3, -0.25) is 9.20 Å². The van der Waals surface area contributed by atoms with E-state index in [4.69, 9.17) is 4.74 Å². The molecule has 0 saturated heterocycles. The summed E-state index contributed by atoms with van der Waals surface area (Å²) in [5.74, 6) is -3.41. The molecule has 3 heterocycles. The summed E-state index contributed by atoms with van der Waals surface area (Å²) >= 11 is 0. The summed E-state index contributed by atoms with van der Waals surface area (Å²) in [6.45, 7) is 5.77. The van der Waals surface area contributed by atoms with Gasteiger partial charge in [0.15, 0.2) is 5.65 Å². The maximum atomic E-state index is 13.1. The second kappa shape index (κ2) is 7.60. The number of hydrogen-bond acceptors (Lipinski definition) is 5. The highest BCUT2D eigenvalue weighted by atomic mass is 19.3. The van der Waals surface area contributed by atoms with E-state index in [0.29, 0.717) is 12.7 Å². The average molecular weight is 428 g/mol. The molecule has 2 atom stereocenters. The fourth-order valence-electron chi connectivity index (χ4n) is 3.19. The van der Waals surface area contributed by atoms with Gasteiger partial charge in [-0.1, -0.05) is 0 Å². The summed E-state index contributed by atoms with van der Waals surface area (Å²) in [6.07, 6.45) is 3.09. The van der Waals surface area contributed by atoms with Crippen LogP contribution in [0.4, 0.5) is 8.78 Å². The molecule has 3 aromatic heterocycles. The minimum absolute atomic E-state index is 0.516. The summed E-state index contributed by atoms with van der Waals surface area (Å²) in [6, 6.07) is 8.68. The number of carbonyl (C=O) groups excluding carboxylic acids is 1. The Balaban J connectivity index is 1.53. The highest BCUT2D eigenvalue weighted by molar-refractivity contribution is 5.83. The molecule has 4 rings (SSSR count). The predicted octanol–water partition coefficient (Wildman–Crippen LogP) is 3.30. The van der Waals surface area contributed by atoms with Crippen molar-refractivity contribution < 1.29 is 18.3 Å². The Hall–Kier alpha value is -3.56. The van der Waals surface area contributed by atoms with Crippen LogP contribution in [0.25, 0.3) is 22.2 Å². The van der Waals surface area contributed by atoms with E-state index < -0.39 is 24.0 Å². The molecule has 31 heavy (non-hydrogen) atoms. The van der Waals surface area contributed by atoms with Crippen LogP contribution in [0.15, 0.2) is 42.7 Å². The topological polar surface area (TPSA) is 86.3 Å². The largest absolute Gasteiger partial charge is 0.489 e. The molecule has 10 heteroatoms. The number of nitrogens with zero attached hydrogens (tertiary/aromatic N) is 5. The first-order chi connectivity index (χ1) is 14.6. The highest BCUT2D eigenvalue weighted by Crippen LogP contribution is 2.25. The molecular formula is C21H22F2N6O2. The Morgan fingerprint density at radius 2 is 1.97 bits per heavy atom. The Labute approximate surface area is 176 Å². The van der Waals surface area contributed by atoms with Crippen LogP contribution in [0.3, 0.4) is 0 Å². The summed E-state index contributed by atoms with van der Waals surface area (Å²) in [7, 11) is 0. The third-order valence-corrected chi connectivity index (χ3v) is 5.13. The predicted molar refractivity (Wildman–Crippen MR) is 111 cm³/mol. The number of alkyl halides is 2. The molecule has 0 aliphatic heterocycles. The lowest BCUT2D eigenvalue weighted by atomic mass is 10.2. The Morgan fingerprint density at radius 3 is 2.71 bits per heavy atom. The number of aromatic nitrogens is 5. The zero-order valence-corrected chi connectivity index (χ0v) is 17.5. The van der Waals surface area contributed by atoms with E-state index in [0.717, 1.165) is 28.1 Å². The summed E-state index contributed by atoms with van der Waals surface area (Å²) < 4.78 is 35.7. The smallest absolute Gasteiger partial charge is 0.321 e. The minimum atomic E-state index is -3.43. The number of carbonyl (C=O) groups is 1. The summed E-state index contributed by atoms with van der Waals surface area (Å²) in [4.78, 5) is 11.5. The molecule has 0 fully saturated rings. The number of halogens is 2. The standard InChI is InChI=1S/C21H22F2N6O2/c1-12(25-20(30)21(4,22)23)13(2)31-17-5-6-18-15(9-17)11-24-29(18)16-7-8-28-14(3)26-27-19(28)10-16/h5-13H,1-4H3,(H,25,30)/t12-,13+/m0/s1. The van der Waals surface area contributed by atoms with Gasteiger partial charge in [0, 0.05) is 24.6 Å². The van der Waals surface area contributed by atoms with Crippen LogP contribution in [-0.2, 0) is 4.79 Å². The van der Waals surface area contributed by atoms with Crippen LogP contribution in [0.5, 0.6) is 5.75 Å². The van der Waals surface area contributed by atoms with Crippen LogP contribution in [0.2, 0.25) is 0 Å². The summed E-state index contributed by atoms with van der Waals surface area (Å²) in [5, 5.41) is 15.8. The van der Waals surface area contributed by atoms with Crippen molar-refractivity contribution in [1.29, 1.82) is 0 Å². The van der Waals surface area contributed by atoms with Crippen LogP contribution in [0.1, 0.15) is 26.6 Å². The second-order valence-corrected chi connectivity index (χ2v) is 7.61. The molecule has 4 aromatic rings. The molecule has 0 radical (unpaired) electrons. The van der Waals surface area contributed by atoms with Crippen LogP contribution >= 0.6 is 0 Å². The van der Waals surface area contributed by atoms with E-state index >= 15 is 0 Å². The first kappa shape index (κ1) is 20.7. The fourth-order valence-corrected chi connectivity index (χ4v) is 3.19. The molecule has 1 N–H and O–H groups in total. The van der Waals surface area contributed by atoms with Gasteiger partial charge in [0.05, 0.1) is 23.4 Å². The van der Waals surface area contributed by atoms with Crippen LogP contribution in [-0.4, -0.2) is 48.4 Å². The van der Waals surface area contributed by atoms with Crippen molar-refractivity contribution in [1.82, 2.24) is 29.7 Å². The number of ether oxygens (including phenoxy) is 1. The number of aryl methyl sites for hydroxylation is 1. The number of nitrogens with one attached hydrogen (secondary N) is 1. The first-order valence-corrected chi connectivity index (χ1v) is 9.78. The third-order valence-electron chi connectivity index (χ3n) is 5.13. The minimum Gasteiger partial charge on any atom is -0.489 e. The lowest BCUT2D eigenvalue weighted by Gasteiger charge is -2.24. The molecule has 0 aliphatic carbocycles. The number of benzene rings is 1. The first-order valence-electron chi connectivity index (χ1n) is 9.78. The van der Waals surface area contributed by atoms with Crippen molar-refractivity contribution >= 4 is 22.5 Å². The second-order valence-electron chi connectivity index (χ2n) is 7.61. The zero-order valence-electron chi connectivity index (χ0n) is 17.5. The van der Waals surface area contributed by atoms with Gasteiger partial charge < -0.3 is 10.1 Å². The van der Waals surface area contributed by atoms with Gasteiger partial charge in [-0.25, -0.2) is 4.68 Å². The summed E-state index contributed by atoms with van der Waals surface area (Å²) in [5.41, 5.74) is 2.43. The van der Waals surface area contributed by atoms with E-state index in [2.05, 4.69) is 20.6 Å². The van der Waals surface area contributed by atoms with Crippen LogP contribution < -0.4 is 10.1 Å². The lowest BCUT2D eigenvalue weighted by molar-refractivity contribution is -0.144. The van der Waals surface area contributed by atoms with Crippen molar-refractivity contribution in [3.8, 4) is 11.4 Å². The monoisotopic (exact) mass is 428 g/mol. The molecule has 8 nitrogen and oxygen atoms in total. The molecular weight excluding hydrogens is 406 g/mol. The molecule has 0 bridgehead atoms. The van der Waals surface area contributed by atoms with Crippen molar-refractivity contribution in [3.05, 3.63) is 48.5 Å². The van der Waals surface area contributed by atoms with E-state index in [1.165, 1.54) is 0 Å². The van der Waals surface area contributed by atoms with Gasteiger partial charge in [-0.2, -0.15) is 13.9 Å². The van der Waals surface area contributed by atoms with Crippen molar-refractivity contribution in [2.75, 3.05) is 0 Å². The van der Waals surface area contributed by atoms with Gasteiger partial charge in [0.25, 0.3) is 5.91 Å². The molecule has 1 aromatic carbocycles. The Morgan fingerprint density at radius 1 is 1.19 bits per heavy atom. The maximum Gasteiger partial charge on any atom is 0.321 e. The SMILES string of the molecule is Cc1nnc2cc(-n3ncc4cc(O[C@H](C)[C@H](C)NC(=O)C(C)(F)F)ccc43)ccn12. The average Bonchev–Trinajstić information content (AvgIpc) is 3.30. The van der Waals surface area contributed by atoms with Gasteiger partial charge in [0.2, 0.25) is 0 Å². The van der Waals surface area contributed by atoms with Crippen molar-refractivity contribution in [3.63, 3.8) is 0 Å². The zero-order chi connectivity index (χ0) is 22.3. The molecule has 162 valence electrons.